The second-order valence-electron chi connectivity index (χ2n) is 5.67. The van der Waals surface area contributed by atoms with Crippen molar-refractivity contribution in [2.45, 2.75) is 6.42 Å². The smallest absolute Gasteiger partial charge is 0.321 e. The molecule has 3 rings (SSSR count). The van der Waals surface area contributed by atoms with Crippen LogP contribution in [-0.2, 0) is 0 Å². The lowest BCUT2D eigenvalue weighted by molar-refractivity contribution is 0.102. The second-order valence-corrected chi connectivity index (χ2v) is 6.08. The average molecular weight is 382 g/mol. The summed E-state index contributed by atoms with van der Waals surface area (Å²) in [6.07, 6.45) is 0.874. The lowest BCUT2D eigenvalue weighted by Gasteiger charge is -2.30. The maximum atomic E-state index is 14.2. The van der Waals surface area contributed by atoms with E-state index in [9.17, 15) is 23.5 Å². The molecule has 0 spiro atoms. The number of halogens is 3. The Kier molecular flexibility index (Phi) is 4.94. The summed E-state index contributed by atoms with van der Waals surface area (Å²) in [5, 5.41) is 14.5. The zero-order valence-corrected chi connectivity index (χ0v) is 14.1. The molecule has 3 N–H and O–H groups in total. The van der Waals surface area contributed by atoms with Gasteiger partial charge in [0.2, 0.25) is 0 Å². The molecule has 0 atom stereocenters. The van der Waals surface area contributed by atoms with Crippen molar-refractivity contribution in [1.82, 2.24) is 4.90 Å². The standard InChI is InChI=1S/C17H14ClF2N3O3/c18-10-3-1-4-11(19)15(10)22-16(25)9-7-12(20)13(8-14(9)24)21-17(26)23-5-2-6-23/h1,3-4,7-8,24H,2,5-6H2,(H,21,26)(H,22,25). The number of carbonyl (C=O) groups excluding carboxylic acids is 2. The van der Waals surface area contributed by atoms with Crippen LogP contribution >= 0.6 is 11.6 Å². The molecule has 2 aromatic rings. The molecule has 1 fully saturated rings. The molecule has 1 saturated heterocycles. The number of hydrogen-bond acceptors (Lipinski definition) is 3. The van der Waals surface area contributed by atoms with Crippen molar-refractivity contribution in [2.75, 3.05) is 23.7 Å². The number of rotatable bonds is 3. The number of nitrogens with zero attached hydrogens (tertiary/aromatic N) is 1. The number of aromatic hydroxyl groups is 1. The molecule has 0 saturated carbocycles. The van der Waals surface area contributed by atoms with Crippen molar-refractivity contribution in [3.8, 4) is 5.75 Å². The molecule has 6 nitrogen and oxygen atoms in total. The van der Waals surface area contributed by atoms with Crippen LogP contribution in [0.1, 0.15) is 16.8 Å². The SMILES string of the molecule is O=C(Nc1c(F)cccc1Cl)c1cc(F)c(NC(=O)N2CCC2)cc1O. The molecular weight excluding hydrogens is 368 g/mol. The van der Waals surface area contributed by atoms with E-state index in [1.807, 2.05) is 0 Å². The van der Waals surface area contributed by atoms with E-state index in [2.05, 4.69) is 10.6 Å². The summed E-state index contributed by atoms with van der Waals surface area (Å²) in [5.74, 6) is -3.21. The van der Waals surface area contributed by atoms with Crippen LogP contribution in [0.15, 0.2) is 30.3 Å². The Morgan fingerprint density at radius 3 is 2.46 bits per heavy atom. The topological polar surface area (TPSA) is 81.7 Å². The third kappa shape index (κ3) is 3.55. The van der Waals surface area contributed by atoms with Gasteiger partial charge in [-0.05, 0) is 24.6 Å². The van der Waals surface area contributed by atoms with Gasteiger partial charge in [-0.25, -0.2) is 13.6 Å². The van der Waals surface area contributed by atoms with E-state index in [1.165, 1.54) is 17.0 Å². The van der Waals surface area contributed by atoms with Crippen LogP contribution in [0.25, 0.3) is 0 Å². The Morgan fingerprint density at radius 2 is 1.85 bits per heavy atom. The number of phenolic OH excluding ortho intramolecular Hbond substituents is 1. The normalized spacial score (nSPS) is 13.1. The predicted octanol–water partition coefficient (Wildman–Crippen LogP) is 3.81. The number of benzene rings is 2. The first-order valence-corrected chi connectivity index (χ1v) is 8.08. The Labute approximate surface area is 152 Å². The van der Waals surface area contributed by atoms with Crippen LogP contribution < -0.4 is 10.6 Å². The quantitative estimate of drug-likeness (QED) is 0.756. The molecule has 26 heavy (non-hydrogen) atoms. The molecule has 9 heteroatoms. The van der Waals surface area contributed by atoms with Gasteiger partial charge in [0.15, 0.2) is 0 Å². The van der Waals surface area contributed by atoms with Gasteiger partial charge in [-0.15, -0.1) is 0 Å². The second kappa shape index (κ2) is 7.17. The maximum Gasteiger partial charge on any atom is 0.321 e. The summed E-state index contributed by atoms with van der Waals surface area (Å²) in [4.78, 5) is 25.5. The zero-order valence-electron chi connectivity index (χ0n) is 13.4. The zero-order chi connectivity index (χ0) is 18.8. The lowest BCUT2D eigenvalue weighted by Crippen LogP contribution is -2.44. The number of amides is 3. The molecule has 1 aliphatic rings. The summed E-state index contributed by atoms with van der Waals surface area (Å²) in [7, 11) is 0. The number of hydrogen-bond donors (Lipinski definition) is 3. The molecule has 0 aliphatic carbocycles. The van der Waals surface area contributed by atoms with Crippen molar-refractivity contribution in [1.29, 1.82) is 0 Å². The molecule has 0 bridgehead atoms. The Balaban J connectivity index is 1.80. The maximum absolute atomic E-state index is 14.2. The molecule has 1 aliphatic heterocycles. The fourth-order valence-corrected chi connectivity index (χ4v) is 2.56. The third-order valence-electron chi connectivity index (χ3n) is 3.92. The van der Waals surface area contributed by atoms with Crippen molar-refractivity contribution >= 4 is 34.9 Å². The first-order chi connectivity index (χ1) is 12.4. The van der Waals surface area contributed by atoms with Gasteiger partial charge in [0.25, 0.3) is 5.91 Å². The molecule has 0 radical (unpaired) electrons. The predicted molar refractivity (Wildman–Crippen MR) is 92.6 cm³/mol. The summed E-state index contributed by atoms with van der Waals surface area (Å²) < 4.78 is 27.9. The minimum absolute atomic E-state index is 0.0447. The molecule has 3 amide bonds. The Bertz CT molecular complexity index is 868. The van der Waals surface area contributed by atoms with Crippen LogP contribution in [0.5, 0.6) is 5.75 Å². The third-order valence-corrected chi connectivity index (χ3v) is 4.23. The highest BCUT2D eigenvalue weighted by Crippen LogP contribution is 2.29. The first kappa shape index (κ1) is 17.9. The van der Waals surface area contributed by atoms with Crippen molar-refractivity contribution < 1.29 is 23.5 Å². The van der Waals surface area contributed by atoms with Crippen molar-refractivity contribution in [3.63, 3.8) is 0 Å². The largest absolute Gasteiger partial charge is 0.507 e. The molecule has 0 unspecified atom stereocenters. The number of anilines is 2. The fourth-order valence-electron chi connectivity index (χ4n) is 2.35. The monoisotopic (exact) mass is 381 g/mol. The van der Waals surface area contributed by atoms with Gasteiger partial charge in [0.1, 0.15) is 17.4 Å². The number of nitrogens with one attached hydrogen (secondary N) is 2. The Morgan fingerprint density at radius 1 is 1.12 bits per heavy atom. The molecule has 0 aromatic heterocycles. The average Bonchev–Trinajstić information content (AvgIpc) is 2.52. The van der Waals surface area contributed by atoms with Crippen molar-refractivity contribution in [2.24, 2.45) is 0 Å². The van der Waals surface area contributed by atoms with Gasteiger partial charge >= 0.3 is 6.03 Å². The van der Waals surface area contributed by atoms with Crippen molar-refractivity contribution in [3.05, 3.63) is 52.6 Å². The van der Waals surface area contributed by atoms with Gasteiger partial charge in [0, 0.05) is 19.2 Å². The van der Waals surface area contributed by atoms with E-state index in [0.29, 0.717) is 13.1 Å². The van der Waals surface area contributed by atoms with Gasteiger partial charge in [-0.3, -0.25) is 4.79 Å². The van der Waals surface area contributed by atoms with Gasteiger partial charge in [-0.1, -0.05) is 17.7 Å². The molecular formula is C17H14ClF2N3O3. The van der Waals surface area contributed by atoms with Crippen LogP contribution in [0.2, 0.25) is 5.02 Å². The van der Waals surface area contributed by atoms with Crippen LogP contribution in [0.4, 0.5) is 25.0 Å². The number of urea groups is 1. The van der Waals surface area contributed by atoms with E-state index < -0.39 is 34.9 Å². The van der Waals surface area contributed by atoms with Gasteiger partial charge < -0.3 is 20.6 Å². The van der Waals surface area contributed by atoms with Gasteiger partial charge in [-0.2, -0.15) is 0 Å². The Hall–Kier alpha value is -2.87. The highest BCUT2D eigenvalue weighted by atomic mass is 35.5. The highest BCUT2D eigenvalue weighted by molar-refractivity contribution is 6.34. The number of para-hydroxylation sites is 1. The number of likely N-dealkylation sites (tertiary alicyclic amines) is 1. The van der Waals surface area contributed by atoms with E-state index in [0.717, 1.165) is 24.6 Å². The summed E-state index contributed by atoms with van der Waals surface area (Å²) in [6, 6.07) is 5.01. The molecule has 1 heterocycles. The lowest BCUT2D eigenvalue weighted by atomic mass is 10.1. The van der Waals surface area contributed by atoms with Crippen LogP contribution in [0.3, 0.4) is 0 Å². The first-order valence-electron chi connectivity index (χ1n) is 7.70. The van der Waals surface area contributed by atoms with Crippen LogP contribution in [-0.4, -0.2) is 35.0 Å². The van der Waals surface area contributed by atoms with Gasteiger partial charge in [0.05, 0.1) is 22.0 Å². The van der Waals surface area contributed by atoms with Crippen LogP contribution in [0, 0.1) is 11.6 Å². The minimum atomic E-state index is -0.950. The van der Waals surface area contributed by atoms with E-state index >= 15 is 0 Å². The number of carbonyl (C=O) groups is 2. The fraction of sp³-hybridized carbons (Fsp3) is 0.176. The van der Waals surface area contributed by atoms with E-state index in [-0.39, 0.29) is 16.4 Å². The van der Waals surface area contributed by atoms with E-state index in [1.54, 1.807) is 0 Å². The minimum Gasteiger partial charge on any atom is -0.507 e. The molecule has 136 valence electrons. The van der Waals surface area contributed by atoms with E-state index in [4.69, 9.17) is 11.6 Å². The highest BCUT2D eigenvalue weighted by Gasteiger charge is 2.23. The summed E-state index contributed by atoms with van der Waals surface area (Å²) >= 11 is 5.82. The summed E-state index contributed by atoms with van der Waals surface area (Å²) in [6.45, 7) is 1.15. The molecule has 2 aromatic carbocycles. The summed E-state index contributed by atoms with van der Waals surface area (Å²) in [5.41, 5.74) is -0.974. The number of phenols is 1.